The van der Waals surface area contributed by atoms with Crippen molar-refractivity contribution in [2.75, 3.05) is 18.4 Å². The number of hydrogen-bond donors (Lipinski definition) is 1. The summed E-state index contributed by atoms with van der Waals surface area (Å²) in [5.41, 5.74) is 3.16. The van der Waals surface area contributed by atoms with E-state index in [1.54, 1.807) is 12.1 Å². The third-order valence-corrected chi connectivity index (χ3v) is 7.78. The standard InChI is InChI=1S/C23H25N3O4S2/c1-15-7-9-18(10-8-15)21-14-31-23(24-21)25-22(27)19-5-4-6-20(11-19)32(28,29)26-12-16(2)30-17(3)13-26/h4-11,14,16-17H,12-13H2,1-3H3,(H,24,25,27)/t16-,17-/m0/s1. The van der Waals surface area contributed by atoms with E-state index in [1.807, 2.05) is 50.4 Å². The van der Waals surface area contributed by atoms with E-state index < -0.39 is 15.9 Å². The number of carbonyl (C=O) groups excluding carboxylic acids is 1. The number of amides is 1. The number of aryl methyl sites for hydroxylation is 1. The Morgan fingerprint density at radius 2 is 1.81 bits per heavy atom. The first-order chi connectivity index (χ1) is 15.2. The topological polar surface area (TPSA) is 88.6 Å². The van der Waals surface area contributed by atoms with Gasteiger partial charge in [0, 0.05) is 29.6 Å². The minimum Gasteiger partial charge on any atom is -0.373 e. The maximum Gasteiger partial charge on any atom is 0.257 e. The van der Waals surface area contributed by atoms with Crippen LogP contribution in [0.4, 0.5) is 5.13 Å². The van der Waals surface area contributed by atoms with Crippen molar-refractivity contribution in [3.63, 3.8) is 0 Å². The number of benzene rings is 2. The predicted octanol–water partition coefficient (Wildman–Crippen LogP) is 4.17. The second-order valence-corrected chi connectivity index (χ2v) is 10.8. The molecule has 0 unspecified atom stereocenters. The summed E-state index contributed by atoms with van der Waals surface area (Å²) >= 11 is 1.32. The van der Waals surface area contributed by atoms with Crippen molar-refractivity contribution in [2.45, 2.75) is 37.9 Å². The smallest absolute Gasteiger partial charge is 0.257 e. The quantitative estimate of drug-likeness (QED) is 0.603. The van der Waals surface area contributed by atoms with E-state index in [0.717, 1.165) is 16.8 Å². The summed E-state index contributed by atoms with van der Waals surface area (Å²) in [4.78, 5) is 17.4. The van der Waals surface area contributed by atoms with Crippen molar-refractivity contribution in [1.82, 2.24) is 9.29 Å². The molecule has 9 heteroatoms. The summed E-state index contributed by atoms with van der Waals surface area (Å²) in [6.45, 7) is 6.28. The second kappa shape index (κ2) is 9.11. The van der Waals surface area contributed by atoms with Crippen LogP contribution in [-0.2, 0) is 14.8 Å². The zero-order valence-electron chi connectivity index (χ0n) is 18.1. The molecule has 0 spiro atoms. The lowest BCUT2D eigenvalue weighted by atomic mass is 10.1. The molecule has 2 atom stereocenters. The van der Waals surface area contributed by atoms with Crippen LogP contribution in [0.2, 0.25) is 0 Å². The van der Waals surface area contributed by atoms with Crippen LogP contribution in [0.15, 0.2) is 58.8 Å². The van der Waals surface area contributed by atoms with Gasteiger partial charge in [-0.3, -0.25) is 10.1 Å². The molecule has 0 aliphatic carbocycles. The molecule has 1 aliphatic rings. The first-order valence-corrected chi connectivity index (χ1v) is 12.6. The molecule has 0 bridgehead atoms. The molecule has 1 N–H and O–H groups in total. The van der Waals surface area contributed by atoms with Crippen LogP contribution < -0.4 is 5.32 Å². The third-order valence-electron chi connectivity index (χ3n) is 5.19. The van der Waals surface area contributed by atoms with Crippen LogP contribution in [0.3, 0.4) is 0 Å². The molecule has 3 aromatic rings. The molecular formula is C23H25N3O4S2. The normalized spacial score (nSPS) is 19.6. The van der Waals surface area contributed by atoms with E-state index in [2.05, 4.69) is 10.3 Å². The summed E-state index contributed by atoms with van der Waals surface area (Å²) in [6, 6.07) is 14.1. The SMILES string of the molecule is Cc1ccc(-c2csc(NC(=O)c3cccc(S(=O)(=O)N4C[C@H](C)O[C@@H](C)C4)c3)n2)cc1. The summed E-state index contributed by atoms with van der Waals surface area (Å²) in [5.74, 6) is -0.407. The van der Waals surface area contributed by atoms with E-state index in [0.29, 0.717) is 5.13 Å². The van der Waals surface area contributed by atoms with Gasteiger partial charge in [0.05, 0.1) is 22.8 Å². The van der Waals surface area contributed by atoms with E-state index in [4.69, 9.17) is 4.74 Å². The van der Waals surface area contributed by atoms with Gasteiger partial charge in [-0.05, 0) is 39.0 Å². The lowest BCUT2D eigenvalue weighted by Gasteiger charge is -2.34. The van der Waals surface area contributed by atoms with E-state index >= 15 is 0 Å². The molecule has 4 rings (SSSR count). The molecule has 1 aliphatic heterocycles. The Morgan fingerprint density at radius 1 is 1.12 bits per heavy atom. The second-order valence-electron chi connectivity index (χ2n) is 7.97. The van der Waals surface area contributed by atoms with Gasteiger partial charge in [-0.15, -0.1) is 11.3 Å². The van der Waals surface area contributed by atoms with E-state index in [-0.39, 0.29) is 35.8 Å². The summed E-state index contributed by atoms with van der Waals surface area (Å²) in [6.07, 6.45) is -0.375. The highest BCUT2D eigenvalue weighted by Crippen LogP contribution is 2.26. The highest BCUT2D eigenvalue weighted by Gasteiger charge is 2.32. The maximum atomic E-state index is 13.1. The fourth-order valence-corrected chi connectivity index (χ4v) is 5.98. The zero-order valence-corrected chi connectivity index (χ0v) is 19.7. The van der Waals surface area contributed by atoms with Crippen LogP contribution in [-0.4, -0.2) is 48.9 Å². The Hall–Kier alpha value is -2.59. The number of carbonyl (C=O) groups is 1. The molecule has 0 radical (unpaired) electrons. The van der Waals surface area contributed by atoms with Gasteiger partial charge in [0.25, 0.3) is 5.91 Å². The summed E-state index contributed by atoms with van der Waals surface area (Å²) in [7, 11) is -3.73. The fourth-order valence-electron chi connectivity index (χ4n) is 3.63. The number of rotatable bonds is 5. The molecule has 2 aromatic carbocycles. The molecule has 2 heterocycles. The third kappa shape index (κ3) is 4.91. The van der Waals surface area contributed by atoms with Crippen molar-refractivity contribution in [1.29, 1.82) is 0 Å². The number of nitrogens with one attached hydrogen (secondary N) is 1. The Morgan fingerprint density at radius 3 is 2.50 bits per heavy atom. The van der Waals surface area contributed by atoms with Gasteiger partial charge < -0.3 is 4.74 Å². The number of anilines is 1. The molecule has 1 aromatic heterocycles. The number of morpholine rings is 1. The number of aromatic nitrogens is 1. The molecule has 32 heavy (non-hydrogen) atoms. The lowest BCUT2D eigenvalue weighted by molar-refractivity contribution is -0.0440. The van der Waals surface area contributed by atoms with Gasteiger partial charge >= 0.3 is 0 Å². The van der Waals surface area contributed by atoms with Gasteiger partial charge in [0.2, 0.25) is 10.0 Å². The molecule has 168 valence electrons. The minimum atomic E-state index is -3.73. The molecule has 1 fully saturated rings. The highest BCUT2D eigenvalue weighted by atomic mass is 32.2. The minimum absolute atomic E-state index is 0.0888. The van der Waals surface area contributed by atoms with Gasteiger partial charge in [-0.2, -0.15) is 4.31 Å². The fraction of sp³-hybridized carbons (Fsp3) is 0.304. The molecule has 1 amide bonds. The monoisotopic (exact) mass is 471 g/mol. The van der Waals surface area contributed by atoms with Crippen molar-refractivity contribution < 1.29 is 17.9 Å². The number of hydrogen-bond acceptors (Lipinski definition) is 6. The van der Waals surface area contributed by atoms with Gasteiger partial charge in [0.15, 0.2) is 5.13 Å². The molecule has 0 saturated carbocycles. The number of ether oxygens (including phenoxy) is 1. The van der Waals surface area contributed by atoms with Crippen LogP contribution in [0.1, 0.15) is 29.8 Å². The Bertz CT molecular complexity index is 1210. The zero-order chi connectivity index (χ0) is 22.9. The van der Waals surface area contributed by atoms with Crippen LogP contribution in [0.25, 0.3) is 11.3 Å². The summed E-state index contributed by atoms with van der Waals surface area (Å²) < 4.78 is 33.3. The predicted molar refractivity (Wildman–Crippen MR) is 125 cm³/mol. The molecular weight excluding hydrogens is 446 g/mol. The summed E-state index contributed by atoms with van der Waals surface area (Å²) in [5, 5.41) is 5.10. The number of sulfonamides is 1. The number of thiazole rings is 1. The highest BCUT2D eigenvalue weighted by molar-refractivity contribution is 7.89. The van der Waals surface area contributed by atoms with Crippen molar-refractivity contribution in [3.8, 4) is 11.3 Å². The van der Waals surface area contributed by atoms with Gasteiger partial charge in [-0.25, -0.2) is 13.4 Å². The Balaban J connectivity index is 1.51. The van der Waals surface area contributed by atoms with Crippen LogP contribution >= 0.6 is 11.3 Å². The first kappa shape index (κ1) is 22.6. The Labute approximate surface area is 192 Å². The van der Waals surface area contributed by atoms with Gasteiger partial charge in [0.1, 0.15) is 0 Å². The molecule has 1 saturated heterocycles. The van der Waals surface area contributed by atoms with E-state index in [1.165, 1.54) is 27.8 Å². The molecule has 7 nitrogen and oxygen atoms in total. The maximum absolute atomic E-state index is 13.1. The first-order valence-electron chi connectivity index (χ1n) is 10.3. The van der Waals surface area contributed by atoms with Crippen molar-refractivity contribution >= 4 is 32.4 Å². The van der Waals surface area contributed by atoms with E-state index in [9.17, 15) is 13.2 Å². The Kier molecular flexibility index (Phi) is 6.43. The number of nitrogens with zero attached hydrogens (tertiary/aromatic N) is 2. The van der Waals surface area contributed by atoms with Crippen molar-refractivity contribution in [3.05, 3.63) is 65.0 Å². The largest absolute Gasteiger partial charge is 0.373 e. The van der Waals surface area contributed by atoms with Crippen LogP contribution in [0, 0.1) is 6.92 Å². The average Bonchev–Trinajstić information content (AvgIpc) is 3.22. The van der Waals surface area contributed by atoms with Crippen LogP contribution in [0.5, 0.6) is 0 Å². The van der Waals surface area contributed by atoms with Crippen molar-refractivity contribution in [2.24, 2.45) is 0 Å². The van der Waals surface area contributed by atoms with Gasteiger partial charge in [-0.1, -0.05) is 35.9 Å². The lowest BCUT2D eigenvalue weighted by Crippen LogP contribution is -2.48. The average molecular weight is 472 g/mol.